The Morgan fingerprint density at radius 1 is 1.05 bits per heavy atom. The Bertz CT molecular complexity index is 1230. The maximum Gasteiger partial charge on any atom is 0.139 e. The summed E-state index contributed by atoms with van der Waals surface area (Å²) in [6.45, 7) is 4.25. The number of Topliss-reactive ketones (excluding diaryl/α,β-unsaturated/α-hetero) is 1. The number of carbonyl (C=O) groups excluding carboxylic acids is 1. The van der Waals surface area contributed by atoms with E-state index < -0.39 is 10.8 Å². The summed E-state index contributed by atoms with van der Waals surface area (Å²) < 4.78 is 18.3. The molecule has 1 aliphatic carbocycles. The standard InChI is InChI=1S/C29H35N3O3S2/c33-22-9-13-32(14-10-22)19-23-18-30-29(36-23)28-8-7-27(31-28)26(17-20-11-15-35-16-12-20)21-1-3-24(4-2-21)37(34)25-5-6-25/h1-4,7-8,18,20,25-26,31H,5-6,9-17,19H2. The average Bonchev–Trinajstić information content (AvgIpc) is 3.49. The summed E-state index contributed by atoms with van der Waals surface area (Å²) >= 11 is 1.73. The Labute approximate surface area is 225 Å². The normalized spacial score (nSPS) is 21.2. The molecule has 6 nitrogen and oxygen atoms in total. The predicted molar refractivity (Wildman–Crippen MR) is 147 cm³/mol. The lowest BCUT2D eigenvalue weighted by molar-refractivity contribution is -0.121. The summed E-state index contributed by atoms with van der Waals surface area (Å²) in [6.07, 6.45) is 8.76. The highest BCUT2D eigenvalue weighted by Crippen LogP contribution is 2.37. The van der Waals surface area contributed by atoms with E-state index in [1.54, 1.807) is 11.3 Å². The minimum atomic E-state index is -0.871. The van der Waals surface area contributed by atoms with Crippen molar-refractivity contribution in [1.29, 1.82) is 0 Å². The number of hydrogen-bond donors (Lipinski definition) is 1. The van der Waals surface area contributed by atoms with Gasteiger partial charge in [-0.15, -0.1) is 11.3 Å². The van der Waals surface area contributed by atoms with Crippen molar-refractivity contribution in [2.24, 2.45) is 5.92 Å². The molecule has 0 bridgehead atoms. The molecule has 6 rings (SSSR count). The molecule has 1 N–H and O–H groups in total. The van der Waals surface area contributed by atoms with E-state index in [0.29, 0.717) is 29.8 Å². The minimum Gasteiger partial charge on any atom is -0.381 e. The number of nitrogens with one attached hydrogen (secondary N) is 1. The Kier molecular flexibility index (Phi) is 7.70. The molecule has 0 amide bonds. The molecule has 1 saturated carbocycles. The fourth-order valence-corrected chi connectivity index (χ4v) is 7.78. The first-order valence-electron chi connectivity index (χ1n) is 13.6. The third kappa shape index (κ3) is 6.14. The van der Waals surface area contributed by atoms with Crippen LogP contribution in [-0.4, -0.2) is 56.4 Å². The zero-order valence-corrected chi connectivity index (χ0v) is 22.8. The van der Waals surface area contributed by atoms with Crippen LogP contribution < -0.4 is 0 Å². The van der Waals surface area contributed by atoms with E-state index in [9.17, 15) is 9.00 Å². The Balaban J connectivity index is 1.20. The van der Waals surface area contributed by atoms with Crippen molar-refractivity contribution in [3.8, 4) is 10.7 Å². The lowest BCUT2D eigenvalue weighted by Crippen LogP contribution is -2.32. The molecule has 0 spiro atoms. The quantitative estimate of drug-likeness (QED) is 0.389. The van der Waals surface area contributed by atoms with Gasteiger partial charge in [0.15, 0.2) is 0 Å². The summed E-state index contributed by atoms with van der Waals surface area (Å²) in [6, 6.07) is 12.9. The fourth-order valence-electron chi connectivity index (χ4n) is 5.49. The molecule has 2 atom stereocenters. The van der Waals surface area contributed by atoms with Crippen molar-refractivity contribution < 1.29 is 13.7 Å². The summed E-state index contributed by atoms with van der Waals surface area (Å²) in [7, 11) is -0.871. The van der Waals surface area contributed by atoms with E-state index >= 15 is 0 Å². The Hall–Kier alpha value is -2.13. The van der Waals surface area contributed by atoms with Crippen molar-refractivity contribution in [2.45, 2.75) is 67.6 Å². The second kappa shape index (κ2) is 11.3. The number of H-pyrrole nitrogens is 1. The monoisotopic (exact) mass is 537 g/mol. The second-order valence-electron chi connectivity index (χ2n) is 10.7. The summed E-state index contributed by atoms with van der Waals surface area (Å²) in [4.78, 5) is 24.5. The summed E-state index contributed by atoms with van der Waals surface area (Å²) in [5, 5.41) is 1.37. The van der Waals surface area contributed by atoms with Gasteiger partial charge in [-0.1, -0.05) is 12.1 Å². The van der Waals surface area contributed by atoms with Crippen molar-refractivity contribution in [2.75, 3.05) is 26.3 Å². The van der Waals surface area contributed by atoms with Gasteiger partial charge in [0.25, 0.3) is 0 Å². The van der Waals surface area contributed by atoms with E-state index in [1.807, 2.05) is 6.20 Å². The molecule has 0 radical (unpaired) electrons. The maximum atomic E-state index is 12.6. The predicted octanol–water partition coefficient (Wildman–Crippen LogP) is 5.52. The SMILES string of the molecule is O=C1CCN(Cc2cnc(-c3ccc(C(CC4CCOCC4)c4ccc(S(=O)C5CC5)cc4)[nH]3)s2)CC1. The molecule has 3 fully saturated rings. The number of carbonyl (C=O) groups is 1. The number of piperidine rings is 1. The smallest absolute Gasteiger partial charge is 0.139 e. The molecule has 4 heterocycles. The minimum absolute atomic E-state index is 0.255. The van der Waals surface area contributed by atoms with Gasteiger partial charge in [0.1, 0.15) is 10.8 Å². The molecule has 2 aliphatic heterocycles. The van der Waals surface area contributed by atoms with Gasteiger partial charge in [0.05, 0.1) is 16.5 Å². The lowest BCUT2D eigenvalue weighted by Gasteiger charge is -2.27. The number of likely N-dealkylation sites (tertiary alicyclic amines) is 1. The number of thiazole rings is 1. The van der Waals surface area contributed by atoms with Crippen LogP contribution in [-0.2, 0) is 26.9 Å². The third-order valence-electron chi connectivity index (χ3n) is 7.91. The molecule has 2 saturated heterocycles. The molecule has 196 valence electrons. The molecule has 3 aliphatic rings. The topological polar surface area (TPSA) is 75.3 Å². The van der Waals surface area contributed by atoms with Crippen LogP contribution in [0.4, 0.5) is 0 Å². The highest BCUT2D eigenvalue weighted by Gasteiger charge is 2.30. The highest BCUT2D eigenvalue weighted by molar-refractivity contribution is 7.86. The van der Waals surface area contributed by atoms with E-state index in [0.717, 1.165) is 80.5 Å². The first-order valence-corrected chi connectivity index (χ1v) is 15.6. The second-order valence-corrected chi connectivity index (χ2v) is 13.5. The van der Waals surface area contributed by atoms with Crippen LogP contribution in [0.15, 0.2) is 47.5 Å². The average molecular weight is 538 g/mol. The van der Waals surface area contributed by atoms with Gasteiger partial charge in [0, 0.05) is 78.5 Å². The zero-order chi connectivity index (χ0) is 25.2. The number of hydrogen-bond acceptors (Lipinski definition) is 6. The molecule has 2 aromatic heterocycles. The van der Waals surface area contributed by atoms with E-state index in [2.05, 4.69) is 46.3 Å². The van der Waals surface area contributed by atoms with E-state index in [-0.39, 0.29) is 5.92 Å². The van der Waals surface area contributed by atoms with Crippen LogP contribution in [0.1, 0.15) is 67.0 Å². The molecule has 2 unspecified atom stereocenters. The number of ketones is 1. The van der Waals surface area contributed by atoms with E-state index in [4.69, 9.17) is 9.72 Å². The van der Waals surface area contributed by atoms with Crippen LogP contribution in [0, 0.1) is 5.92 Å². The van der Waals surface area contributed by atoms with Crippen LogP contribution in [0.5, 0.6) is 0 Å². The number of aromatic nitrogens is 2. The lowest BCUT2D eigenvalue weighted by atomic mass is 9.83. The molecular weight excluding hydrogens is 502 g/mol. The van der Waals surface area contributed by atoms with Crippen LogP contribution in [0.25, 0.3) is 10.7 Å². The van der Waals surface area contributed by atoms with Crippen LogP contribution in [0.3, 0.4) is 0 Å². The first-order chi connectivity index (χ1) is 18.1. The Morgan fingerprint density at radius 2 is 1.81 bits per heavy atom. The van der Waals surface area contributed by atoms with Gasteiger partial charge in [-0.25, -0.2) is 4.98 Å². The van der Waals surface area contributed by atoms with Gasteiger partial charge in [0.2, 0.25) is 0 Å². The number of rotatable bonds is 9. The first kappa shape index (κ1) is 25.2. The molecule has 1 aromatic carbocycles. The maximum absolute atomic E-state index is 12.6. The van der Waals surface area contributed by atoms with E-state index in [1.165, 1.54) is 16.1 Å². The van der Waals surface area contributed by atoms with Gasteiger partial charge in [-0.3, -0.25) is 13.9 Å². The largest absolute Gasteiger partial charge is 0.381 e. The molecule has 37 heavy (non-hydrogen) atoms. The molecule has 3 aromatic rings. The summed E-state index contributed by atoms with van der Waals surface area (Å²) in [5.74, 6) is 1.26. The van der Waals surface area contributed by atoms with Gasteiger partial charge >= 0.3 is 0 Å². The highest BCUT2D eigenvalue weighted by atomic mass is 32.2. The van der Waals surface area contributed by atoms with Crippen molar-refractivity contribution >= 4 is 27.9 Å². The van der Waals surface area contributed by atoms with Crippen molar-refractivity contribution in [1.82, 2.24) is 14.9 Å². The number of benzene rings is 1. The molecule has 8 heteroatoms. The number of aromatic amines is 1. The van der Waals surface area contributed by atoms with Gasteiger partial charge in [-0.05, 0) is 67.9 Å². The van der Waals surface area contributed by atoms with Crippen molar-refractivity contribution in [3.63, 3.8) is 0 Å². The number of ether oxygens (including phenoxy) is 1. The number of nitrogens with zero attached hydrogens (tertiary/aromatic N) is 2. The van der Waals surface area contributed by atoms with Crippen molar-refractivity contribution in [3.05, 3.63) is 58.7 Å². The van der Waals surface area contributed by atoms with Crippen LogP contribution in [0.2, 0.25) is 0 Å². The van der Waals surface area contributed by atoms with Gasteiger partial charge in [-0.2, -0.15) is 0 Å². The third-order valence-corrected chi connectivity index (χ3v) is 10.7. The fraction of sp³-hybridized carbons (Fsp3) is 0.517. The molecular formula is C29H35N3O3S2. The Morgan fingerprint density at radius 3 is 2.54 bits per heavy atom. The summed E-state index contributed by atoms with van der Waals surface area (Å²) in [5.41, 5.74) is 3.54. The zero-order valence-electron chi connectivity index (χ0n) is 21.2. The van der Waals surface area contributed by atoms with Gasteiger partial charge < -0.3 is 9.72 Å². The van der Waals surface area contributed by atoms with Crippen LogP contribution >= 0.6 is 11.3 Å².